The summed E-state index contributed by atoms with van der Waals surface area (Å²) in [6, 6.07) is -2.45. The lowest BCUT2D eigenvalue weighted by Crippen LogP contribution is -2.44. The van der Waals surface area contributed by atoms with E-state index in [9.17, 15) is 51.9 Å². The lowest BCUT2D eigenvalue weighted by molar-refractivity contribution is -0.143. The Morgan fingerprint density at radius 1 is 0.800 bits per heavy atom. The number of allylic oxidation sites excluding steroid dienone is 1. The van der Waals surface area contributed by atoms with E-state index in [0.717, 1.165) is 0 Å². The molecule has 26 nitrogen and oxygen atoms in total. The summed E-state index contributed by atoms with van der Waals surface area (Å²) in [4.78, 5) is 94.6. The average molecular weight is 947 g/mol. The average Bonchev–Trinajstić information content (AvgIpc) is 3.78. The number of tetrazole rings is 1. The van der Waals surface area contributed by atoms with Gasteiger partial charge in [0.25, 0.3) is 0 Å². The molecule has 0 saturated heterocycles. The third-order valence-corrected chi connectivity index (χ3v) is 10.3. The number of aromatic amines is 1. The van der Waals surface area contributed by atoms with Crippen molar-refractivity contribution < 1.29 is 75.9 Å². The van der Waals surface area contributed by atoms with E-state index in [0.29, 0.717) is 30.8 Å². The molecule has 3 atom stereocenters. The normalized spacial score (nSPS) is 13.3. The molecule has 28 heteroatoms. The molecular weight excluding hydrogens is 883 g/mol. The maximum absolute atomic E-state index is 12.9. The predicted octanol–water partition coefficient (Wildman–Crippen LogP) is -3.79. The third kappa shape index (κ3) is 27.4. The summed E-state index contributed by atoms with van der Waals surface area (Å²) in [7, 11) is -2.27. The first-order valence-corrected chi connectivity index (χ1v) is 22.3. The molecule has 1 rings (SSSR count). The van der Waals surface area contributed by atoms with Crippen molar-refractivity contribution in [3.05, 3.63) is 18.1 Å². The van der Waals surface area contributed by atoms with Gasteiger partial charge in [0.05, 0.1) is 51.4 Å². The van der Waals surface area contributed by atoms with Crippen LogP contribution in [-0.2, 0) is 72.7 Å². The van der Waals surface area contributed by atoms with Gasteiger partial charge in [-0.25, -0.2) is 18.3 Å². The number of sulfonamides is 1. The molecule has 0 aliphatic rings. The van der Waals surface area contributed by atoms with Gasteiger partial charge in [-0.3, -0.25) is 33.5 Å². The van der Waals surface area contributed by atoms with Crippen LogP contribution < -0.4 is 31.3 Å². The van der Waals surface area contributed by atoms with E-state index < -0.39 is 87.5 Å². The molecule has 366 valence electrons. The molecule has 1 aromatic rings. The summed E-state index contributed by atoms with van der Waals surface area (Å²) < 4.78 is 48.4. The number of carbonyl (C=O) groups excluding carboxylic acids is 6. The Balaban J connectivity index is 2.19. The van der Waals surface area contributed by atoms with Crippen molar-refractivity contribution in [2.75, 3.05) is 78.2 Å². The minimum Gasteiger partial charge on any atom is -0.480 e. The Morgan fingerprint density at radius 2 is 1.40 bits per heavy atom. The molecule has 0 radical (unpaired) electrons. The monoisotopic (exact) mass is 946 g/mol. The van der Waals surface area contributed by atoms with Gasteiger partial charge in [-0.05, 0) is 42.5 Å². The number of aldehydes is 1. The van der Waals surface area contributed by atoms with Gasteiger partial charge in [0.2, 0.25) is 39.6 Å². The van der Waals surface area contributed by atoms with Crippen molar-refractivity contribution in [2.24, 2.45) is 0 Å². The Labute approximate surface area is 377 Å². The van der Waals surface area contributed by atoms with Gasteiger partial charge in [0, 0.05) is 42.4 Å². The van der Waals surface area contributed by atoms with Gasteiger partial charge in [0.15, 0.2) is 5.82 Å². The van der Waals surface area contributed by atoms with Crippen molar-refractivity contribution in [3.8, 4) is 0 Å². The van der Waals surface area contributed by atoms with E-state index in [1.54, 1.807) is 14.8 Å². The number of hydrogen-bond donors (Lipinski definition) is 9. The van der Waals surface area contributed by atoms with Crippen LogP contribution in [0.1, 0.15) is 71.5 Å². The van der Waals surface area contributed by atoms with E-state index in [1.807, 2.05) is 13.8 Å². The van der Waals surface area contributed by atoms with Gasteiger partial charge in [-0.1, -0.05) is 27.4 Å². The standard InChI is InChI=1S/C37H63BN10O16S/c1-25(6-5-19-65(59,60)46-35(58)37(4,38)24-36(2,3)34-44-47-48-45-34)39-11-13-61-16-18-64-23-31(53)43-27(33(56)57)8-10-29(51)42-26(21-49)7-9-28(50)40-12-14-62-15-17-63-22-30(52)41-20-32(54)55/h21,26-27,39H,1,5-20,22-24,38H2,2-4H3,(H,40,50)(H,41,52)(H,42,51)(H,43,53)(H,46,58)(H,54,55)(H,56,57)(H,44,45,47,48). The summed E-state index contributed by atoms with van der Waals surface area (Å²) >= 11 is 0. The number of carboxylic acid groups (broad SMARTS) is 2. The fourth-order valence-electron chi connectivity index (χ4n) is 5.76. The molecule has 0 fully saturated rings. The molecule has 0 bridgehead atoms. The fourth-order valence-corrected chi connectivity index (χ4v) is 6.95. The van der Waals surface area contributed by atoms with Gasteiger partial charge in [-0.2, -0.15) is 0 Å². The highest BCUT2D eigenvalue weighted by Crippen LogP contribution is 2.38. The number of aliphatic carboxylic acids is 2. The van der Waals surface area contributed by atoms with E-state index in [-0.39, 0.29) is 97.1 Å². The zero-order valence-electron chi connectivity index (χ0n) is 37.2. The fraction of sp³-hybridized carbons (Fsp3) is 0.703. The Morgan fingerprint density at radius 3 is 1.98 bits per heavy atom. The molecule has 0 aliphatic carbocycles. The highest BCUT2D eigenvalue weighted by Gasteiger charge is 2.38. The number of carbonyl (C=O) groups is 8. The van der Waals surface area contributed by atoms with Crippen molar-refractivity contribution in [2.45, 2.75) is 88.5 Å². The summed E-state index contributed by atoms with van der Waals surface area (Å²) in [6.07, 6.45) is 0.437. The third-order valence-electron chi connectivity index (χ3n) is 8.95. The molecule has 1 heterocycles. The van der Waals surface area contributed by atoms with Crippen LogP contribution in [0.5, 0.6) is 0 Å². The first-order chi connectivity index (χ1) is 30.6. The number of rotatable bonds is 38. The smallest absolute Gasteiger partial charge is 0.326 e. The summed E-state index contributed by atoms with van der Waals surface area (Å²) in [5.74, 6) is -5.48. The predicted molar refractivity (Wildman–Crippen MR) is 230 cm³/mol. The molecule has 0 spiro atoms. The van der Waals surface area contributed by atoms with Crippen molar-refractivity contribution in [1.29, 1.82) is 0 Å². The lowest BCUT2D eigenvalue weighted by atomic mass is 9.61. The van der Waals surface area contributed by atoms with Crippen LogP contribution in [-0.4, -0.2) is 185 Å². The highest BCUT2D eigenvalue weighted by atomic mass is 32.2. The topological polar surface area (TPSA) is 375 Å². The van der Waals surface area contributed by atoms with Gasteiger partial charge in [0.1, 0.15) is 39.9 Å². The second-order valence-electron chi connectivity index (χ2n) is 15.8. The molecular formula is C37H63BN10O16S. The number of nitrogens with one attached hydrogen (secondary N) is 7. The van der Waals surface area contributed by atoms with E-state index in [2.05, 4.69) is 58.5 Å². The van der Waals surface area contributed by atoms with Crippen LogP contribution in [0, 0.1) is 0 Å². The first kappa shape index (κ1) is 57.4. The Hall–Kier alpha value is -5.58. The largest absolute Gasteiger partial charge is 0.480 e. The summed E-state index contributed by atoms with van der Waals surface area (Å²) in [5, 5.41) is 43.1. The molecule has 0 saturated carbocycles. The van der Waals surface area contributed by atoms with Crippen LogP contribution in [0.15, 0.2) is 12.3 Å². The molecule has 1 aromatic heterocycles. The van der Waals surface area contributed by atoms with Gasteiger partial charge < -0.3 is 60.5 Å². The number of H-pyrrole nitrogens is 1. The second-order valence-corrected chi connectivity index (χ2v) is 17.6. The van der Waals surface area contributed by atoms with E-state index in [1.165, 1.54) is 0 Å². The molecule has 0 aromatic carbocycles. The quantitative estimate of drug-likeness (QED) is 0.0174. The minimum absolute atomic E-state index is 0.000200. The molecule has 3 unspecified atom stereocenters. The Bertz CT molecular complexity index is 1820. The molecule has 5 amide bonds. The maximum atomic E-state index is 12.9. The lowest BCUT2D eigenvalue weighted by Gasteiger charge is -2.32. The number of carboxylic acids is 2. The van der Waals surface area contributed by atoms with E-state index in [4.69, 9.17) is 24.1 Å². The Kier molecular flexibility index (Phi) is 27.0. The van der Waals surface area contributed by atoms with Crippen LogP contribution in [0.25, 0.3) is 0 Å². The summed E-state index contributed by atoms with van der Waals surface area (Å²) in [6.45, 7) is 8.92. The van der Waals surface area contributed by atoms with Gasteiger partial charge >= 0.3 is 11.9 Å². The number of ether oxygens (including phenoxy) is 4. The van der Waals surface area contributed by atoms with Crippen molar-refractivity contribution in [3.63, 3.8) is 0 Å². The van der Waals surface area contributed by atoms with Crippen LogP contribution >= 0.6 is 0 Å². The molecule has 65 heavy (non-hydrogen) atoms. The first-order valence-electron chi connectivity index (χ1n) is 20.6. The molecule has 0 aliphatic heterocycles. The zero-order chi connectivity index (χ0) is 48.9. The van der Waals surface area contributed by atoms with Crippen LogP contribution in [0.3, 0.4) is 0 Å². The molecule has 9 N–H and O–H groups in total. The second kappa shape index (κ2) is 30.5. The maximum Gasteiger partial charge on any atom is 0.326 e. The number of amides is 5. The van der Waals surface area contributed by atoms with Gasteiger partial charge in [-0.15, -0.1) is 5.10 Å². The van der Waals surface area contributed by atoms with Crippen LogP contribution in [0.4, 0.5) is 0 Å². The van der Waals surface area contributed by atoms with Crippen LogP contribution in [0.2, 0.25) is 5.31 Å². The minimum atomic E-state index is -3.91. The zero-order valence-corrected chi connectivity index (χ0v) is 38.1. The summed E-state index contributed by atoms with van der Waals surface area (Å²) in [5.41, 5.74) is -0.0611. The number of hydrogen-bond acceptors (Lipinski definition) is 18. The van der Waals surface area contributed by atoms with E-state index >= 15 is 0 Å². The van der Waals surface area contributed by atoms with Crippen molar-refractivity contribution in [1.82, 2.24) is 51.9 Å². The SMILES string of the molecule is BC(C)(CC(C)(C)c1nnn[nH]1)C(=O)NS(=O)(=O)CCCC(=C)NCCOCCOCC(=O)NC(CCC(=O)NC(C=O)CCC(=O)NCCOCCOCC(=O)NCC(=O)O)C(=O)O. The van der Waals surface area contributed by atoms with Crippen molar-refractivity contribution >= 4 is 65.6 Å². The number of nitrogens with zero attached hydrogens (tertiary/aromatic N) is 3. The number of aromatic nitrogens is 4. The highest BCUT2D eigenvalue weighted by molar-refractivity contribution is 7.90.